The van der Waals surface area contributed by atoms with Crippen molar-refractivity contribution in [2.45, 2.75) is 45.1 Å². The monoisotopic (exact) mass is 554 g/mol. The largest absolute Gasteiger partial charge is 0.412 e. The third-order valence-electron chi connectivity index (χ3n) is 7.24. The number of benzene rings is 3. The zero-order chi connectivity index (χ0) is 29.0. The molecule has 5 rings (SSSR count). The van der Waals surface area contributed by atoms with Crippen LogP contribution in [0, 0.1) is 0 Å². The Labute approximate surface area is 228 Å². The minimum absolute atomic E-state index is 0.0470. The molecule has 5 nitrogen and oxygen atoms in total. The number of aliphatic imine (C=N–C) groups is 1. The van der Waals surface area contributed by atoms with E-state index in [4.69, 9.17) is 0 Å². The molecule has 1 atom stereocenters. The Balaban J connectivity index is 1.70. The lowest BCUT2D eigenvalue weighted by Gasteiger charge is -2.36. The van der Waals surface area contributed by atoms with Gasteiger partial charge < -0.3 is 15.1 Å². The third kappa shape index (κ3) is 4.94. The molecule has 3 aromatic carbocycles. The third-order valence-corrected chi connectivity index (χ3v) is 7.24. The van der Waals surface area contributed by atoms with Crippen LogP contribution >= 0.6 is 0 Å². The Bertz CT molecular complexity index is 1510. The van der Waals surface area contributed by atoms with E-state index in [-0.39, 0.29) is 28.2 Å². The van der Waals surface area contributed by atoms with E-state index in [1.165, 1.54) is 31.2 Å². The van der Waals surface area contributed by atoms with E-state index in [1.807, 2.05) is 29.2 Å². The zero-order valence-electron chi connectivity index (χ0n) is 22.1. The summed E-state index contributed by atoms with van der Waals surface area (Å²) in [6, 6.07) is 13.1. The van der Waals surface area contributed by atoms with Crippen molar-refractivity contribution < 1.29 is 26.7 Å². The second-order valence-corrected chi connectivity index (χ2v) is 10.1. The molecule has 208 valence electrons. The number of halogens is 5. The first-order chi connectivity index (χ1) is 18.8. The van der Waals surface area contributed by atoms with Gasteiger partial charge in [0.1, 0.15) is 0 Å². The van der Waals surface area contributed by atoms with Gasteiger partial charge in [0, 0.05) is 60.7 Å². The molecule has 3 aromatic rings. The molecule has 0 amide bonds. The lowest BCUT2D eigenvalue weighted by molar-refractivity contribution is -0.144. The van der Waals surface area contributed by atoms with Gasteiger partial charge in [0.05, 0.1) is 5.69 Å². The van der Waals surface area contributed by atoms with Crippen LogP contribution in [0.2, 0.25) is 0 Å². The van der Waals surface area contributed by atoms with Gasteiger partial charge in [-0.2, -0.15) is 13.2 Å². The van der Waals surface area contributed by atoms with Gasteiger partial charge >= 0.3 is 6.18 Å². The predicted octanol–water partition coefficient (Wildman–Crippen LogP) is 7.64. The fourth-order valence-electron chi connectivity index (χ4n) is 5.12. The SMILES string of the molecule is C=C1c2cc(C(C)(F)F)cc([C@H](Nc3ccccc3C(C)=O)C(F)(F)F)c2N=C(N2Cc3ccccc3C2)N1C. The van der Waals surface area contributed by atoms with Crippen molar-refractivity contribution in [1.29, 1.82) is 0 Å². The van der Waals surface area contributed by atoms with Gasteiger partial charge in [-0.1, -0.05) is 43.0 Å². The highest BCUT2D eigenvalue weighted by atomic mass is 19.4. The van der Waals surface area contributed by atoms with Crippen molar-refractivity contribution in [3.63, 3.8) is 0 Å². The highest BCUT2D eigenvalue weighted by molar-refractivity contribution is 6.00. The van der Waals surface area contributed by atoms with E-state index in [0.717, 1.165) is 23.3 Å². The summed E-state index contributed by atoms with van der Waals surface area (Å²) in [5.41, 5.74) is 1.25. The topological polar surface area (TPSA) is 47.9 Å². The van der Waals surface area contributed by atoms with Gasteiger partial charge in [0.2, 0.25) is 5.96 Å². The average molecular weight is 555 g/mol. The minimum atomic E-state index is -4.93. The zero-order valence-corrected chi connectivity index (χ0v) is 22.1. The molecule has 0 radical (unpaired) electrons. The standard InChI is InChI=1S/C30H27F5N4O/c1-17-23-13-21(29(3,31)32)14-24(27(30(33,34)35)36-25-12-8-7-11-22(25)18(2)40)26(23)37-28(38(17)4)39-15-19-9-5-6-10-20(19)16-39/h5-14,27,36H,1,15-16H2,2-4H3/t27-/m0/s1. The number of anilines is 1. The van der Waals surface area contributed by atoms with Gasteiger partial charge in [0.25, 0.3) is 5.92 Å². The molecule has 0 aliphatic carbocycles. The number of nitrogens with one attached hydrogen (secondary N) is 1. The lowest BCUT2D eigenvalue weighted by Crippen LogP contribution is -2.40. The van der Waals surface area contributed by atoms with E-state index in [9.17, 15) is 26.7 Å². The summed E-state index contributed by atoms with van der Waals surface area (Å²) in [4.78, 5) is 20.3. The van der Waals surface area contributed by atoms with E-state index in [2.05, 4.69) is 16.9 Å². The van der Waals surface area contributed by atoms with Crippen LogP contribution in [0.3, 0.4) is 0 Å². The van der Waals surface area contributed by atoms with Crippen LogP contribution < -0.4 is 5.32 Å². The molecule has 0 aromatic heterocycles. The molecule has 2 aliphatic rings. The number of ketones is 1. The molecule has 0 saturated carbocycles. The van der Waals surface area contributed by atoms with Crippen LogP contribution in [-0.2, 0) is 19.0 Å². The Hall–Kier alpha value is -4.21. The number of alkyl halides is 5. The summed E-state index contributed by atoms with van der Waals surface area (Å²) in [6.07, 6.45) is -4.93. The molecule has 0 bridgehead atoms. The summed E-state index contributed by atoms with van der Waals surface area (Å²) in [7, 11) is 1.66. The molecule has 0 fully saturated rings. The van der Waals surface area contributed by atoms with Crippen molar-refractivity contribution in [2.75, 3.05) is 12.4 Å². The molecule has 2 heterocycles. The maximum Gasteiger partial charge on any atom is 0.412 e. The van der Waals surface area contributed by atoms with Crippen LogP contribution in [0.25, 0.3) is 5.70 Å². The van der Waals surface area contributed by atoms with Crippen molar-refractivity contribution in [3.8, 4) is 0 Å². The quantitative estimate of drug-likeness (QED) is 0.260. The Kier molecular flexibility index (Phi) is 6.68. The predicted molar refractivity (Wildman–Crippen MR) is 144 cm³/mol. The van der Waals surface area contributed by atoms with Gasteiger partial charge in [0.15, 0.2) is 11.8 Å². The van der Waals surface area contributed by atoms with E-state index in [1.54, 1.807) is 11.9 Å². The summed E-state index contributed by atoms with van der Waals surface area (Å²) in [6.45, 7) is 6.88. The average Bonchev–Trinajstić information content (AvgIpc) is 3.32. The Morgan fingerprint density at radius 2 is 1.60 bits per heavy atom. The molecule has 0 unspecified atom stereocenters. The maximum absolute atomic E-state index is 14.7. The van der Waals surface area contributed by atoms with E-state index < -0.39 is 35.1 Å². The number of para-hydroxylation sites is 1. The van der Waals surface area contributed by atoms with Gasteiger partial charge in [-0.15, -0.1) is 0 Å². The first-order valence-corrected chi connectivity index (χ1v) is 12.6. The molecule has 0 saturated heterocycles. The fourth-order valence-corrected chi connectivity index (χ4v) is 5.12. The molecule has 2 aliphatic heterocycles. The number of guanidine groups is 1. The summed E-state index contributed by atoms with van der Waals surface area (Å²) >= 11 is 0. The van der Waals surface area contributed by atoms with Crippen molar-refractivity contribution >= 4 is 28.8 Å². The van der Waals surface area contributed by atoms with Crippen LogP contribution in [-0.4, -0.2) is 34.8 Å². The highest BCUT2D eigenvalue weighted by Crippen LogP contribution is 2.47. The van der Waals surface area contributed by atoms with Gasteiger partial charge in [-0.3, -0.25) is 4.79 Å². The molecular formula is C30H27F5N4O. The highest BCUT2D eigenvalue weighted by Gasteiger charge is 2.45. The van der Waals surface area contributed by atoms with Gasteiger partial charge in [-0.25, -0.2) is 13.8 Å². The number of nitrogens with zero attached hydrogens (tertiary/aromatic N) is 3. The van der Waals surface area contributed by atoms with E-state index >= 15 is 0 Å². The second-order valence-electron chi connectivity index (χ2n) is 10.1. The smallest absolute Gasteiger partial charge is 0.370 e. The fraction of sp³-hybridized carbons (Fsp3) is 0.267. The number of carbonyl (C=O) groups excluding carboxylic acids is 1. The van der Waals surface area contributed by atoms with Crippen molar-refractivity contribution in [1.82, 2.24) is 9.80 Å². The number of rotatable bonds is 5. The number of hydrogen-bond donors (Lipinski definition) is 1. The molecule has 0 spiro atoms. The van der Waals surface area contributed by atoms with Crippen molar-refractivity contribution in [3.05, 3.63) is 101 Å². The normalized spacial score (nSPS) is 15.9. The van der Waals surface area contributed by atoms with Crippen LogP contribution in [0.15, 0.2) is 72.2 Å². The van der Waals surface area contributed by atoms with Crippen LogP contribution in [0.4, 0.5) is 33.3 Å². The maximum atomic E-state index is 14.7. The molecular weight excluding hydrogens is 527 g/mol. The summed E-state index contributed by atoms with van der Waals surface area (Å²) < 4.78 is 73.5. The minimum Gasteiger partial charge on any atom is -0.370 e. The first-order valence-electron chi connectivity index (χ1n) is 12.6. The molecule has 10 heteroatoms. The molecule has 40 heavy (non-hydrogen) atoms. The Morgan fingerprint density at radius 3 is 2.17 bits per heavy atom. The van der Waals surface area contributed by atoms with Crippen LogP contribution in [0.1, 0.15) is 58.1 Å². The van der Waals surface area contributed by atoms with Crippen LogP contribution in [0.5, 0.6) is 0 Å². The summed E-state index contributed by atoms with van der Waals surface area (Å²) in [5.74, 6) is -3.52. The Morgan fingerprint density at radius 1 is 1.00 bits per heavy atom. The second kappa shape index (κ2) is 9.76. The van der Waals surface area contributed by atoms with E-state index in [0.29, 0.717) is 26.0 Å². The van der Waals surface area contributed by atoms with Crippen molar-refractivity contribution in [2.24, 2.45) is 4.99 Å². The number of fused-ring (bicyclic) bond motifs is 2. The lowest BCUT2D eigenvalue weighted by atomic mass is 9.92. The van der Waals surface area contributed by atoms with Gasteiger partial charge in [-0.05, 0) is 42.3 Å². The summed E-state index contributed by atoms with van der Waals surface area (Å²) in [5, 5.41) is 2.42. The number of carbonyl (C=O) groups is 1. The number of Topliss-reactive ketones (excluding diaryl/α,β-unsaturated/α-hetero) is 1. The molecule has 1 N–H and O–H groups in total. The number of hydrogen-bond acceptors (Lipinski definition) is 5. The first kappa shape index (κ1) is 27.4.